The highest BCUT2D eigenvalue weighted by Gasteiger charge is 2.46. The van der Waals surface area contributed by atoms with E-state index < -0.39 is 0 Å². The molecule has 3 N–H and O–H groups in total. The number of aromatic amines is 1. The predicted molar refractivity (Wildman–Crippen MR) is 119 cm³/mol. The Labute approximate surface area is 177 Å². The Morgan fingerprint density at radius 1 is 1.10 bits per heavy atom. The molecule has 1 saturated heterocycles. The van der Waals surface area contributed by atoms with Crippen LogP contribution in [0.4, 0.5) is 0 Å². The van der Waals surface area contributed by atoms with Crippen LogP contribution in [-0.4, -0.2) is 63.7 Å². The van der Waals surface area contributed by atoms with Gasteiger partial charge in [0.1, 0.15) is 5.52 Å². The minimum Gasteiger partial charge on any atom is -0.336 e. The van der Waals surface area contributed by atoms with Crippen LogP contribution in [0.5, 0.6) is 0 Å². The van der Waals surface area contributed by atoms with E-state index in [0.29, 0.717) is 6.04 Å². The van der Waals surface area contributed by atoms with Crippen LogP contribution in [0.15, 0.2) is 42.5 Å². The van der Waals surface area contributed by atoms with Crippen molar-refractivity contribution in [1.29, 1.82) is 0 Å². The van der Waals surface area contributed by atoms with Gasteiger partial charge in [-0.05, 0) is 44.4 Å². The molecule has 0 bridgehead atoms. The van der Waals surface area contributed by atoms with Crippen molar-refractivity contribution in [2.75, 3.05) is 26.2 Å². The van der Waals surface area contributed by atoms with Crippen LogP contribution in [0, 0.1) is 6.92 Å². The summed E-state index contributed by atoms with van der Waals surface area (Å²) in [6, 6.07) is 14.5. The Morgan fingerprint density at radius 3 is 2.47 bits per heavy atom. The molecule has 2 aromatic carbocycles. The summed E-state index contributed by atoms with van der Waals surface area (Å²) in [6.07, 6.45) is 2.23. The molecule has 3 aromatic rings. The number of nitrogens with two attached hydrogens (primary N) is 1. The predicted octanol–water partition coefficient (Wildman–Crippen LogP) is 3.18. The molecule has 1 aliphatic carbocycles. The minimum atomic E-state index is -0.00225. The Balaban J connectivity index is 1.28. The average molecular weight is 404 g/mol. The Bertz CT molecular complexity index is 1070. The molecule has 2 fully saturated rings. The quantitative estimate of drug-likeness (QED) is 0.701. The number of amides is 1. The first-order valence-electron chi connectivity index (χ1n) is 10.8. The fourth-order valence-corrected chi connectivity index (χ4v) is 4.61. The molecular formula is C24H29N5O. The molecule has 2 aliphatic rings. The molecule has 1 aromatic heterocycles. The number of aromatic nitrogens is 2. The van der Waals surface area contributed by atoms with Crippen LogP contribution in [0.3, 0.4) is 0 Å². The first-order chi connectivity index (χ1) is 14.5. The molecule has 1 saturated carbocycles. The van der Waals surface area contributed by atoms with Crippen molar-refractivity contribution in [3.63, 3.8) is 0 Å². The van der Waals surface area contributed by atoms with E-state index in [9.17, 15) is 4.79 Å². The highest BCUT2D eigenvalue weighted by molar-refractivity contribution is 5.97. The van der Waals surface area contributed by atoms with Crippen LogP contribution >= 0.6 is 0 Å². The lowest BCUT2D eigenvalue weighted by atomic mass is 10.0. The summed E-state index contributed by atoms with van der Waals surface area (Å²) in [5, 5.41) is 8.65. The van der Waals surface area contributed by atoms with Gasteiger partial charge in [0.2, 0.25) is 0 Å². The molecule has 2 heterocycles. The van der Waals surface area contributed by atoms with Crippen LogP contribution < -0.4 is 5.73 Å². The third-order valence-electron chi connectivity index (χ3n) is 7.03. The molecule has 5 rings (SSSR count). The first kappa shape index (κ1) is 19.3. The largest absolute Gasteiger partial charge is 0.336 e. The summed E-state index contributed by atoms with van der Waals surface area (Å²) in [6.45, 7) is 7.55. The van der Waals surface area contributed by atoms with Gasteiger partial charge in [-0.15, -0.1) is 0 Å². The lowest BCUT2D eigenvalue weighted by molar-refractivity contribution is 0.0549. The van der Waals surface area contributed by atoms with Gasteiger partial charge < -0.3 is 10.6 Å². The SMILES string of the molecule is Cc1[nH]nc2c(-c3ccc(C(=O)N4CCN(C(C)C5(N)CC5)CC4)cc3)cccc12. The summed E-state index contributed by atoms with van der Waals surface area (Å²) in [4.78, 5) is 17.4. The van der Waals surface area contributed by atoms with Crippen LogP contribution in [-0.2, 0) is 0 Å². The van der Waals surface area contributed by atoms with E-state index in [1.807, 2.05) is 42.2 Å². The van der Waals surface area contributed by atoms with E-state index in [2.05, 4.69) is 34.2 Å². The average Bonchev–Trinajstić information content (AvgIpc) is 3.43. The second-order valence-corrected chi connectivity index (χ2v) is 8.87. The van der Waals surface area contributed by atoms with Gasteiger partial charge in [0.05, 0.1) is 0 Å². The number of H-pyrrole nitrogens is 1. The molecule has 6 heteroatoms. The number of hydrogen-bond acceptors (Lipinski definition) is 4. The fraction of sp³-hybridized carbons (Fsp3) is 0.417. The maximum absolute atomic E-state index is 13.0. The van der Waals surface area contributed by atoms with Crippen molar-refractivity contribution >= 4 is 16.8 Å². The zero-order valence-corrected chi connectivity index (χ0v) is 17.7. The third kappa shape index (κ3) is 3.30. The van der Waals surface area contributed by atoms with E-state index in [0.717, 1.165) is 72.3 Å². The topological polar surface area (TPSA) is 78.2 Å². The maximum Gasteiger partial charge on any atom is 0.253 e. The summed E-state index contributed by atoms with van der Waals surface area (Å²) >= 11 is 0. The van der Waals surface area contributed by atoms with Crippen molar-refractivity contribution in [1.82, 2.24) is 20.0 Å². The number of piperazine rings is 1. The molecule has 1 atom stereocenters. The zero-order valence-electron chi connectivity index (χ0n) is 17.7. The van der Waals surface area contributed by atoms with Crippen molar-refractivity contribution in [3.8, 4) is 11.1 Å². The number of hydrogen-bond donors (Lipinski definition) is 2. The van der Waals surface area contributed by atoms with Gasteiger partial charge in [0.25, 0.3) is 5.91 Å². The smallest absolute Gasteiger partial charge is 0.253 e. The number of nitrogens with zero attached hydrogens (tertiary/aromatic N) is 3. The van der Waals surface area contributed by atoms with Gasteiger partial charge in [-0.2, -0.15) is 5.10 Å². The van der Waals surface area contributed by atoms with Gasteiger partial charge in [-0.25, -0.2) is 0 Å². The molecule has 1 aliphatic heterocycles. The highest BCUT2D eigenvalue weighted by Crippen LogP contribution is 2.38. The molecule has 1 amide bonds. The summed E-state index contributed by atoms with van der Waals surface area (Å²) in [7, 11) is 0. The number of para-hydroxylation sites is 1. The van der Waals surface area contributed by atoms with Gasteiger partial charge in [-0.1, -0.05) is 30.3 Å². The van der Waals surface area contributed by atoms with Crippen LogP contribution in [0.2, 0.25) is 0 Å². The molecule has 6 nitrogen and oxygen atoms in total. The van der Waals surface area contributed by atoms with Gasteiger partial charge in [0, 0.05) is 60.0 Å². The van der Waals surface area contributed by atoms with E-state index in [4.69, 9.17) is 5.73 Å². The van der Waals surface area contributed by atoms with Gasteiger partial charge in [-0.3, -0.25) is 14.8 Å². The number of benzene rings is 2. The Hall–Kier alpha value is -2.70. The van der Waals surface area contributed by atoms with Crippen LogP contribution in [0.1, 0.15) is 35.8 Å². The van der Waals surface area contributed by atoms with E-state index in [1.54, 1.807) is 0 Å². The van der Waals surface area contributed by atoms with Crippen molar-refractivity contribution in [3.05, 3.63) is 53.7 Å². The van der Waals surface area contributed by atoms with Crippen LogP contribution in [0.25, 0.3) is 22.0 Å². The zero-order chi connectivity index (χ0) is 20.9. The van der Waals surface area contributed by atoms with Gasteiger partial charge >= 0.3 is 0 Å². The Morgan fingerprint density at radius 2 is 1.80 bits per heavy atom. The maximum atomic E-state index is 13.0. The number of carbonyl (C=O) groups is 1. The van der Waals surface area contributed by atoms with Crippen molar-refractivity contribution < 1.29 is 4.79 Å². The lowest BCUT2D eigenvalue weighted by Crippen LogP contribution is -2.56. The van der Waals surface area contributed by atoms with E-state index >= 15 is 0 Å². The molecule has 30 heavy (non-hydrogen) atoms. The number of carbonyl (C=O) groups excluding carboxylic acids is 1. The summed E-state index contributed by atoms with van der Waals surface area (Å²) in [5.74, 6) is 0.108. The standard InChI is InChI=1S/C24H29N5O/c1-16-20-4-3-5-21(22(20)27-26-16)18-6-8-19(9-7-18)23(30)29-14-12-28(13-15-29)17(2)24(25)10-11-24/h3-9,17H,10-15,25H2,1-2H3,(H,26,27). The second-order valence-electron chi connectivity index (χ2n) is 8.87. The van der Waals surface area contributed by atoms with Crippen molar-refractivity contribution in [2.24, 2.45) is 5.73 Å². The lowest BCUT2D eigenvalue weighted by Gasteiger charge is -2.40. The third-order valence-corrected chi connectivity index (χ3v) is 7.03. The number of aryl methyl sites for hydroxylation is 1. The molecule has 0 radical (unpaired) electrons. The second kappa shape index (κ2) is 7.22. The molecular weight excluding hydrogens is 374 g/mol. The molecule has 156 valence electrons. The number of nitrogens with one attached hydrogen (secondary N) is 1. The van der Waals surface area contributed by atoms with Gasteiger partial charge in [0.15, 0.2) is 0 Å². The summed E-state index contributed by atoms with van der Waals surface area (Å²) in [5.41, 5.74) is 11.3. The van der Waals surface area contributed by atoms with E-state index in [-0.39, 0.29) is 11.4 Å². The van der Waals surface area contributed by atoms with E-state index in [1.165, 1.54) is 0 Å². The Kier molecular flexibility index (Phi) is 4.64. The number of fused-ring (bicyclic) bond motifs is 1. The number of rotatable bonds is 4. The minimum absolute atomic E-state index is 0.00225. The molecule has 0 spiro atoms. The molecule has 1 unspecified atom stereocenters. The first-order valence-corrected chi connectivity index (χ1v) is 10.8. The monoisotopic (exact) mass is 403 g/mol. The van der Waals surface area contributed by atoms with Crippen molar-refractivity contribution in [2.45, 2.75) is 38.3 Å². The normalized spacial score (nSPS) is 19.8. The highest BCUT2D eigenvalue weighted by atomic mass is 16.2. The summed E-state index contributed by atoms with van der Waals surface area (Å²) < 4.78 is 0. The fourth-order valence-electron chi connectivity index (χ4n) is 4.61.